The number of aliphatic hydroxyl groups excluding tert-OH is 1. The maximum atomic E-state index is 12.2. The van der Waals surface area contributed by atoms with Gasteiger partial charge in [-0.25, -0.2) is 9.59 Å². The molecule has 2 aromatic heterocycles. The summed E-state index contributed by atoms with van der Waals surface area (Å²) in [5.74, 6) is 1.71. The van der Waals surface area contributed by atoms with Crippen molar-refractivity contribution in [3.63, 3.8) is 0 Å². The zero-order chi connectivity index (χ0) is 21.8. The number of aromatic nitrogens is 4. The second-order valence-corrected chi connectivity index (χ2v) is 9.01. The zero-order valence-corrected chi connectivity index (χ0v) is 18.0. The van der Waals surface area contributed by atoms with E-state index in [0.717, 1.165) is 0 Å². The number of nitrogen functional groups attached to an aromatic ring is 1. The summed E-state index contributed by atoms with van der Waals surface area (Å²) in [6.45, 7) is 0.322. The molecule has 0 saturated carbocycles. The number of hydrogen-bond acceptors (Lipinski definition) is 12. The predicted octanol–water partition coefficient (Wildman–Crippen LogP) is -0.363. The average molecular weight is 471 g/mol. The molecule has 12 nitrogen and oxygen atoms in total. The topological polar surface area (TPSA) is 156 Å². The van der Waals surface area contributed by atoms with Crippen LogP contribution in [0.1, 0.15) is 12.5 Å². The molecule has 4 rings (SSSR count). The van der Waals surface area contributed by atoms with Gasteiger partial charge in [0.05, 0.1) is 13.2 Å². The molecule has 4 heterocycles. The third kappa shape index (κ3) is 5.39. The van der Waals surface area contributed by atoms with E-state index in [1.165, 1.54) is 32.7 Å². The lowest BCUT2D eigenvalue weighted by Gasteiger charge is -2.15. The van der Waals surface area contributed by atoms with Crippen molar-refractivity contribution < 1.29 is 19.3 Å². The van der Waals surface area contributed by atoms with Crippen LogP contribution in [0.5, 0.6) is 0 Å². The highest BCUT2D eigenvalue weighted by molar-refractivity contribution is 8.00. The fraction of sp³-hybridized carbons (Fsp3) is 0.529. The maximum absolute atomic E-state index is 12.2. The molecule has 0 radical (unpaired) electrons. The molecule has 14 heteroatoms. The second-order valence-electron chi connectivity index (χ2n) is 6.63. The molecule has 2 aliphatic heterocycles. The number of nitrogens with one attached hydrogen (secondary N) is 1. The summed E-state index contributed by atoms with van der Waals surface area (Å²) >= 11 is 2.98. The van der Waals surface area contributed by atoms with Gasteiger partial charge in [-0.05, 0) is 12.1 Å². The van der Waals surface area contributed by atoms with Crippen LogP contribution in [0.4, 0.5) is 11.6 Å². The largest absolute Gasteiger partial charge is 0.393 e. The molecule has 0 aromatic carbocycles. The Morgan fingerprint density at radius 2 is 1.74 bits per heavy atom. The molecule has 2 fully saturated rings. The zero-order valence-electron chi connectivity index (χ0n) is 16.3. The third-order valence-corrected chi connectivity index (χ3v) is 6.73. The van der Waals surface area contributed by atoms with Crippen LogP contribution < -0.4 is 22.4 Å². The first-order chi connectivity index (χ1) is 15.0. The molecule has 4 N–H and O–H groups in total. The van der Waals surface area contributed by atoms with Crippen molar-refractivity contribution in [1.82, 2.24) is 19.1 Å². The lowest BCUT2D eigenvalue weighted by Crippen LogP contribution is -2.29. The summed E-state index contributed by atoms with van der Waals surface area (Å²) in [6, 6.07) is 3.20. The Kier molecular flexibility index (Phi) is 7.14. The Morgan fingerprint density at radius 1 is 1.10 bits per heavy atom. The number of nitrogens with zero attached hydrogens (tertiary/aromatic N) is 4. The Bertz CT molecular complexity index is 1020. The molecule has 2 aromatic rings. The average Bonchev–Trinajstić information content (AvgIpc) is 3.41. The van der Waals surface area contributed by atoms with Crippen LogP contribution in [-0.2, 0) is 14.2 Å². The van der Waals surface area contributed by atoms with E-state index in [2.05, 4.69) is 15.3 Å². The summed E-state index contributed by atoms with van der Waals surface area (Å²) in [5, 5.41) is 12.1. The number of ether oxygens (including phenoxy) is 3. The summed E-state index contributed by atoms with van der Waals surface area (Å²) < 4.78 is 19.8. The number of thioether (sulfide) groups is 2. The van der Waals surface area contributed by atoms with Crippen molar-refractivity contribution >= 4 is 35.2 Å². The van der Waals surface area contributed by atoms with Crippen molar-refractivity contribution in [3.8, 4) is 0 Å². The summed E-state index contributed by atoms with van der Waals surface area (Å²) in [5.41, 5.74) is 4.03. The number of anilines is 2. The second kappa shape index (κ2) is 10.0. The first-order valence-electron chi connectivity index (χ1n) is 9.44. The molecule has 0 unspecified atom stereocenters. The van der Waals surface area contributed by atoms with E-state index in [1.807, 2.05) is 0 Å². The first-order valence-corrected chi connectivity index (χ1v) is 11.5. The Hall–Kier alpha value is -2.10. The molecule has 0 amide bonds. The molecule has 31 heavy (non-hydrogen) atoms. The summed E-state index contributed by atoms with van der Waals surface area (Å²) in [7, 11) is 0. The van der Waals surface area contributed by atoms with Crippen LogP contribution in [0, 0.1) is 0 Å². The molecular weight excluding hydrogens is 448 g/mol. The van der Waals surface area contributed by atoms with E-state index in [-0.39, 0.29) is 36.6 Å². The quantitative estimate of drug-likeness (QED) is 0.340. The SMILES string of the molecule is Nc1ccn([C@H]2CS[C@@H](COCNc3ccn([C@@H]4CS[C@H](CO)O4)c(=O)n3)O2)c(=O)n1. The Morgan fingerprint density at radius 3 is 2.39 bits per heavy atom. The minimum Gasteiger partial charge on any atom is -0.393 e. The Labute approximate surface area is 185 Å². The minimum atomic E-state index is -0.455. The van der Waals surface area contributed by atoms with Crippen LogP contribution in [0.15, 0.2) is 34.1 Å². The molecule has 0 aliphatic carbocycles. The lowest BCUT2D eigenvalue weighted by molar-refractivity contribution is -0.0219. The van der Waals surface area contributed by atoms with Gasteiger partial charge in [0, 0.05) is 23.9 Å². The number of nitrogens with two attached hydrogens (primary N) is 1. The van der Waals surface area contributed by atoms with E-state index < -0.39 is 23.8 Å². The molecular formula is C17H22N6O6S2. The molecule has 4 atom stereocenters. The van der Waals surface area contributed by atoms with E-state index in [9.17, 15) is 9.59 Å². The van der Waals surface area contributed by atoms with Crippen molar-refractivity contribution in [3.05, 3.63) is 45.5 Å². The van der Waals surface area contributed by atoms with Crippen LogP contribution in [-0.4, -0.2) is 66.5 Å². The van der Waals surface area contributed by atoms with Gasteiger partial charge < -0.3 is 30.4 Å². The summed E-state index contributed by atoms with van der Waals surface area (Å²) in [6.07, 6.45) is 2.29. The normalized spacial score (nSPS) is 25.7. The molecule has 168 valence electrons. The molecule has 2 saturated heterocycles. The van der Waals surface area contributed by atoms with Crippen LogP contribution in [0.3, 0.4) is 0 Å². The van der Waals surface area contributed by atoms with Gasteiger partial charge in [-0.15, -0.1) is 23.5 Å². The fourth-order valence-electron chi connectivity index (χ4n) is 3.02. The number of rotatable bonds is 8. The van der Waals surface area contributed by atoms with Gasteiger partial charge >= 0.3 is 11.4 Å². The van der Waals surface area contributed by atoms with Crippen LogP contribution in [0.25, 0.3) is 0 Å². The van der Waals surface area contributed by atoms with Gasteiger partial charge in [-0.3, -0.25) is 9.13 Å². The summed E-state index contributed by atoms with van der Waals surface area (Å²) in [4.78, 5) is 31.8. The number of hydrogen-bond donors (Lipinski definition) is 3. The van der Waals surface area contributed by atoms with Crippen LogP contribution >= 0.6 is 23.5 Å². The first kappa shape index (κ1) is 22.1. The van der Waals surface area contributed by atoms with E-state index >= 15 is 0 Å². The van der Waals surface area contributed by atoms with Gasteiger partial charge in [-0.2, -0.15) is 9.97 Å². The fourth-order valence-corrected chi connectivity index (χ4v) is 4.97. The maximum Gasteiger partial charge on any atom is 0.351 e. The monoisotopic (exact) mass is 470 g/mol. The van der Waals surface area contributed by atoms with Gasteiger partial charge in [0.25, 0.3) is 0 Å². The highest BCUT2D eigenvalue weighted by Gasteiger charge is 2.29. The van der Waals surface area contributed by atoms with Crippen molar-refractivity contribution in [2.24, 2.45) is 0 Å². The highest BCUT2D eigenvalue weighted by Crippen LogP contribution is 2.31. The standard InChI is InChI=1S/C17H22N6O6S2/c18-10-1-3-22(16(25)20-10)13-8-31-15(29-13)6-27-9-19-11-2-4-23(17(26)21-11)12-7-30-14(5-24)28-12/h1-4,12-15,24H,5-9H2,(H2,18,20,25)(H,19,21,26)/t12-,13+,14+,15-/m0/s1. The van der Waals surface area contributed by atoms with E-state index in [1.54, 1.807) is 24.5 Å². The van der Waals surface area contributed by atoms with Crippen molar-refractivity contribution in [1.29, 1.82) is 0 Å². The minimum absolute atomic E-state index is 0.0995. The van der Waals surface area contributed by atoms with Gasteiger partial charge in [0.1, 0.15) is 41.7 Å². The van der Waals surface area contributed by atoms with Crippen molar-refractivity contribution in [2.45, 2.75) is 23.3 Å². The van der Waals surface area contributed by atoms with Gasteiger partial charge in [0.2, 0.25) is 0 Å². The van der Waals surface area contributed by atoms with E-state index in [4.69, 9.17) is 25.1 Å². The highest BCUT2D eigenvalue weighted by atomic mass is 32.2. The van der Waals surface area contributed by atoms with Gasteiger partial charge in [-0.1, -0.05) is 0 Å². The smallest absolute Gasteiger partial charge is 0.351 e. The van der Waals surface area contributed by atoms with Crippen LogP contribution in [0.2, 0.25) is 0 Å². The number of aliphatic hydroxyl groups is 1. The lowest BCUT2D eigenvalue weighted by atomic mass is 10.5. The molecule has 2 aliphatic rings. The van der Waals surface area contributed by atoms with Gasteiger partial charge in [0.15, 0.2) is 0 Å². The van der Waals surface area contributed by atoms with E-state index in [0.29, 0.717) is 17.3 Å². The Balaban J connectivity index is 1.22. The predicted molar refractivity (Wildman–Crippen MR) is 116 cm³/mol. The molecule has 0 spiro atoms. The third-order valence-electron chi connectivity index (χ3n) is 4.53. The molecule has 0 bridgehead atoms. The van der Waals surface area contributed by atoms with Crippen molar-refractivity contribution in [2.75, 3.05) is 42.5 Å².